The Balaban J connectivity index is 2.43. The molecule has 1 aromatic rings. The average molecular weight is 292 g/mol. The molecule has 1 atom stereocenters. The number of carbonyl (C=O) groups is 1. The molecule has 1 unspecified atom stereocenters. The largest absolute Gasteiger partial charge is 0.494 e. The summed E-state index contributed by atoms with van der Waals surface area (Å²) in [7, 11) is 0. The molecule has 0 aliphatic rings. The van der Waals surface area contributed by atoms with E-state index in [1.54, 1.807) is 0 Å². The minimum absolute atomic E-state index is 0.0572. The van der Waals surface area contributed by atoms with Crippen LogP contribution in [-0.2, 0) is 4.79 Å². The fourth-order valence-electron chi connectivity index (χ4n) is 2.47. The Morgan fingerprint density at radius 2 is 2.10 bits per heavy atom. The van der Waals surface area contributed by atoms with Crippen LogP contribution >= 0.6 is 0 Å². The minimum atomic E-state index is 0.0572. The molecule has 0 radical (unpaired) electrons. The maximum atomic E-state index is 12.0. The van der Waals surface area contributed by atoms with Crippen LogP contribution < -0.4 is 15.8 Å². The lowest BCUT2D eigenvalue weighted by Crippen LogP contribution is -2.15. The zero-order valence-corrected chi connectivity index (χ0v) is 13.2. The topological polar surface area (TPSA) is 64.4 Å². The van der Waals surface area contributed by atoms with Crippen molar-refractivity contribution in [2.45, 2.75) is 46.0 Å². The number of nitrogens with one attached hydrogen (secondary N) is 1. The molecule has 0 fully saturated rings. The number of nitrogens with two attached hydrogens (primary N) is 1. The predicted molar refractivity (Wildman–Crippen MR) is 87.5 cm³/mol. The lowest BCUT2D eigenvalue weighted by atomic mass is 9.94. The summed E-state index contributed by atoms with van der Waals surface area (Å²) in [6.07, 6.45) is 4.74. The van der Waals surface area contributed by atoms with Crippen molar-refractivity contribution in [2.75, 3.05) is 18.5 Å². The summed E-state index contributed by atoms with van der Waals surface area (Å²) < 4.78 is 5.42. The second-order valence-electron chi connectivity index (χ2n) is 5.28. The Morgan fingerprint density at radius 3 is 2.76 bits per heavy atom. The van der Waals surface area contributed by atoms with E-state index in [0.717, 1.165) is 37.1 Å². The summed E-state index contributed by atoms with van der Waals surface area (Å²) in [4.78, 5) is 12.0. The van der Waals surface area contributed by atoms with E-state index in [4.69, 9.17) is 10.5 Å². The molecular formula is C17H28N2O2. The van der Waals surface area contributed by atoms with Gasteiger partial charge in [0.2, 0.25) is 5.91 Å². The second-order valence-corrected chi connectivity index (χ2v) is 5.28. The smallest absolute Gasteiger partial charge is 0.224 e. The number of rotatable bonds is 10. The molecule has 0 bridgehead atoms. The summed E-state index contributed by atoms with van der Waals surface area (Å²) >= 11 is 0. The molecule has 118 valence electrons. The predicted octanol–water partition coefficient (Wildman–Crippen LogP) is 3.57. The van der Waals surface area contributed by atoms with E-state index in [-0.39, 0.29) is 5.91 Å². The van der Waals surface area contributed by atoms with Crippen LogP contribution in [0.2, 0.25) is 0 Å². The van der Waals surface area contributed by atoms with Crippen molar-refractivity contribution in [3.63, 3.8) is 0 Å². The second kappa shape index (κ2) is 10.2. The molecule has 0 aliphatic heterocycles. The number of hydrogen-bond donors (Lipinski definition) is 2. The van der Waals surface area contributed by atoms with Crippen molar-refractivity contribution < 1.29 is 9.53 Å². The van der Waals surface area contributed by atoms with E-state index in [1.807, 2.05) is 31.2 Å². The van der Waals surface area contributed by atoms with Gasteiger partial charge in [0, 0.05) is 18.2 Å². The average Bonchev–Trinajstić information content (AvgIpc) is 2.46. The SMILES string of the molecule is CCCC(CCN)CCC(=O)Nc1cccc(OCC)c1. The van der Waals surface area contributed by atoms with Crippen molar-refractivity contribution in [3.8, 4) is 5.75 Å². The molecule has 1 amide bonds. The first-order chi connectivity index (χ1) is 10.2. The van der Waals surface area contributed by atoms with Gasteiger partial charge in [-0.2, -0.15) is 0 Å². The first kappa shape index (κ1) is 17.5. The van der Waals surface area contributed by atoms with E-state index in [1.165, 1.54) is 0 Å². The Labute approximate surface area is 128 Å². The van der Waals surface area contributed by atoms with Gasteiger partial charge in [-0.05, 0) is 44.4 Å². The van der Waals surface area contributed by atoms with E-state index in [2.05, 4.69) is 12.2 Å². The molecule has 0 saturated heterocycles. The minimum Gasteiger partial charge on any atom is -0.494 e. The Hall–Kier alpha value is -1.55. The van der Waals surface area contributed by atoms with Gasteiger partial charge in [-0.1, -0.05) is 25.8 Å². The molecule has 1 aromatic carbocycles. The highest BCUT2D eigenvalue weighted by atomic mass is 16.5. The lowest BCUT2D eigenvalue weighted by Gasteiger charge is -2.14. The van der Waals surface area contributed by atoms with Crippen LogP contribution in [0.1, 0.15) is 46.0 Å². The number of ether oxygens (including phenoxy) is 1. The van der Waals surface area contributed by atoms with Gasteiger partial charge in [0.15, 0.2) is 0 Å². The van der Waals surface area contributed by atoms with Crippen molar-refractivity contribution in [3.05, 3.63) is 24.3 Å². The molecular weight excluding hydrogens is 264 g/mol. The highest BCUT2D eigenvalue weighted by Gasteiger charge is 2.10. The molecule has 0 aromatic heterocycles. The van der Waals surface area contributed by atoms with Crippen molar-refractivity contribution >= 4 is 11.6 Å². The third kappa shape index (κ3) is 7.14. The van der Waals surface area contributed by atoms with Gasteiger partial charge >= 0.3 is 0 Å². The van der Waals surface area contributed by atoms with Gasteiger partial charge in [0.05, 0.1) is 6.61 Å². The van der Waals surface area contributed by atoms with E-state index >= 15 is 0 Å². The quantitative estimate of drug-likeness (QED) is 0.693. The maximum absolute atomic E-state index is 12.0. The molecule has 0 heterocycles. The molecule has 21 heavy (non-hydrogen) atoms. The fraction of sp³-hybridized carbons (Fsp3) is 0.588. The van der Waals surface area contributed by atoms with Crippen LogP contribution in [0.4, 0.5) is 5.69 Å². The number of anilines is 1. The summed E-state index contributed by atoms with van der Waals surface area (Å²) in [5, 5.41) is 2.93. The Kier molecular flexibility index (Phi) is 8.51. The molecule has 0 spiro atoms. The van der Waals surface area contributed by atoms with Crippen molar-refractivity contribution in [1.82, 2.24) is 0 Å². The first-order valence-corrected chi connectivity index (χ1v) is 7.92. The van der Waals surface area contributed by atoms with Gasteiger partial charge in [0.1, 0.15) is 5.75 Å². The van der Waals surface area contributed by atoms with Crippen LogP contribution in [0, 0.1) is 5.92 Å². The molecule has 1 rings (SSSR count). The highest BCUT2D eigenvalue weighted by Crippen LogP contribution is 2.20. The van der Waals surface area contributed by atoms with E-state index < -0.39 is 0 Å². The number of hydrogen-bond acceptors (Lipinski definition) is 3. The van der Waals surface area contributed by atoms with Gasteiger partial charge in [0.25, 0.3) is 0 Å². The maximum Gasteiger partial charge on any atom is 0.224 e. The van der Waals surface area contributed by atoms with Crippen LogP contribution in [0.25, 0.3) is 0 Å². The van der Waals surface area contributed by atoms with Crippen LogP contribution in [0.5, 0.6) is 5.75 Å². The fourth-order valence-corrected chi connectivity index (χ4v) is 2.47. The zero-order valence-electron chi connectivity index (χ0n) is 13.2. The van der Waals surface area contributed by atoms with Crippen LogP contribution in [0.15, 0.2) is 24.3 Å². The van der Waals surface area contributed by atoms with Crippen molar-refractivity contribution in [1.29, 1.82) is 0 Å². The van der Waals surface area contributed by atoms with E-state index in [0.29, 0.717) is 25.5 Å². The first-order valence-electron chi connectivity index (χ1n) is 7.92. The van der Waals surface area contributed by atoms with Gasteiger partial charge in [-0.3, -0.25) is 4.79 Å². The normalized spacial score (nSPS) is 12.0. The lowest BCUT2D eigenvalue weighted by molar-refractivity contribution is -0.116. The molecule has 0 saturated carbocycles. The van der Waals surface area contributed by atoms with E-state index in [9.17, 15) is 4.79 Å². The monoisotopic (exact) mass is 292 g/mol. The Morgan fingerprint density at radius 1 is 1.29 bits per heavy atom. The standard InChI is InChI=1S/C17H28N2O2/c1-3-6-14(11-12-18)9-10-17(20)19-15-7-5-8-16(13-15)21-4-2/h5,7-8,13-14H,3-4,6,9-12,18H2,1-2H3,(H,19,20). The van der Waals surface area contributed by atoms with Gasteiger partial charge in [-0.25, -0.2) is 0 Å². The van der Waals surface area contributed by atoms with Gasteiger partial charge in [-0.15, -0.1) is 0 Å². The molecule has 4 heteroatoms. The number of amides is 1. The van der Waals surface area contributed by atoms with Crippen LogP contribution in [-0.4, -0.2) is 19.1 Å². The third-order valence-corrected chi connectivity index (χ3v) is 3.48. The molecule has 4 nitrogen and oxygen atoms in total. The summed E-state index contributed by atoms with van der Waals surface area (Å²) in [5.74, 6) is 1.39. The summed E-state index contributed by atoms with van der Waals surface area (Å²) in [6, 6.07) is 7.50. The van der Waals surface area contributed by atoms with Crippen molar-refractivity contribution in [2.24, 2.45) is 11.7 Å². The van der Waals surface area contributed by atoms with Gasteiger partial charge < -0.3 is 15.8 Å². The number of benzene rings is 1. The summed E-state index contributed by atoms with van der Waals surface area (Å²) in [5.41, 5.74) is 6.41. The van der Waals surface area contributed by atoms with Crippen LogP contribution in [0.3, 0.4) is 0 Å². The number of carbonyl (C=O) groups excluding carboxylic acids is 1. The highest BCUT2D eigenvalue weighted by molar-refractivity contribution is 5.90. The molecule has 3 N–H and O–H groups in total. The zero-order chi connectivity index (χ0) is 15.5. The Bertz CT molecular complexity index is 415. The third-order valence-electron chi connectivity index (χ3n) is 3.48. The molecule has 0 aliphatic carbocycles. The summed E-state index contributed by atoms with van der Waals surface area (Å²) in [6.45, 7) is 5.43.